The number of hydrogen-bond donors (Lipinski definition) is 1. The molecule has 4 nitrogen and oxygen atoms in total. The second kappa shape index (κ2) is 8.34. The zero-order chi connectivity index (χ0) is 16.9. The van der Waals surface area contributed by atoms with Crippen LogP contribution < -0.4 is 10.1 Å². The molecule has 1 aromatic rings. The minimum absolute atomic E-state index is 0.0315. The van der Waals surface area contributed by atoms with Crippen LogP contribution in [0.3, 0.4) is 0 Å². The molecule has 2 rings (SSSR count). The van der Waals surface area contributed by atoms with Crippen molar-refractivity contribution in [3.05, 3.63) is 28.8 Å². The van der Waals surface area contributed by atoms with Gasteiger partial charge in [-0.3, -0.25) is 0 Å². The fourth-order valence-electron chi connectivity index (χ4n) is 3.12. The first-order valence-electron chi connectivity index (χ1n) is 8.20. The van der Waals surface area contributed by atoms with Gasteiger partial charge < -0.3 is 19.5 Å². The Hall–Kier alpha value is -0.810. The lowest BCUT2D eigenvalue weighted by molar-refractivity contribution is 0.0421. The highest BCUT2D eigenvalue weighted by Gasteiger charge is 2.37. The maximum atomic E-state index is 6.26. The molecule has 1 fully saturated rings. The standard InChI is InChI=1S/C18H28ClNO3/c1-13(14(2)21-3)20-12-18(7-9-23-10-8-18)16-11-15(19)5-6-17(16)22-4/h5-6,11,13-14,20H,7-10,12H2,1-4H3/t13-,14-/m0/s1. The maximum absolute atomic E-state index is 6.26. The van der Waals surface area contributed by atoms with E-state index in [1.165, 1.54) is 5.56 Å². The highest BCUT2D eigenvalue weighted by Crippen LogP contribution is 2.40. The molecule has 0 unspecified atom stereocenters. The lowest BCUT2D eigenvalue weighted by Gasteiger charge is -2.40. The van der Waals surface area contributed by atoms with Gasteiger partial charge in [0.05, 0.1) is 13.2 Å². The summed E-state index contributed by atoms with van der Waals surface area (Å²) >= 11 is 6.26. The summed E-state index contributed by atoms with van der Waals surface area (Å²) in [6.07, 6.45) is 2.06. The second-order valence-corrected chi connectivity index (χ2v) is 6.78. The smallest absolute Gasteiger partial charge is 0.122 e. The third-order valence-electron chi connectivity index (χ3n) is 5.02. The Labute approximate surface area is 144 Å². The van der Waals surface area contributed by atoms with Crippen LogP contribution in [0, 0.1) is 0 Å². The molecular weight excluding hydrogens is 314 g/mol. The molecule has 1 aliphatic rings. The molecule has 130 valence electrons. The fourth-order valence-corrected chi connectivity index (χ4v) is 3.30. The van der Waals surface area contributed by atoms with Crippen molar-refractivity contribution in [3.63, 3.8) is 0 Å². The molecule has 0 saturated carbocycles. The van der Waals surface area contributed by atoms with E-state index in [2.05, 4.69) is 19.2 Å². The lowest BCUT2D eigenvalue weighted by atomic mass is 9.73. The van der Waals surface area contributed by atoms with Gasteiger partial charge >= 0.3 is 0 Å². The number of nitrogens with one attached hydrogen (secondary N) is 1. The molecule has 0 bridgehead atoms. The molecule has 1 aliphatic heterocycles. The van der Waals surface area contributed by atoms with Gasteiger partial charge in [0, 0.05) is 48.9 Å². The second-order valence-electron chi connectivity index (χ2n) is 6.35. The summed E-state index contributed by atoms with van der Waals surface area (Å²) in [5.41, 5.74) is 1.14. The summed E-state index contributed by atoms with van der Waals surface area (Å²) in [7, 11) is 3.45. The molecule has 2 atom stereocenters. The van der Waals surface area contributed by atoms with Crippen LogP contribution in [0.5, 0.6) is 5.75 Å². The summed E-state index contributed by atoms with van der Waals surface area (Å²) in [5.74, 6) is 0.894. The Morgan fingerprint density at radius 3 is 2.57 bits per heavy atom. The third kappa shape index (κ3) is 4.38. The van der Waals surface area contributed by atoms with Crippen molar-refractivity contribution in [1.82, 2.24) is 5.32 Å². The third-order valence-corrected chi connectivity index (χ3v) is 5.26. The van der Waals surface area contributed by atoms with Crippen molar-refractivity contribution in [1.29, 1.82) is 0 Å². The zero-order valence-corrected chi connectivity index (χ0v) is 15.3. The Kier molecular flexibility index (Phi) is 6.72. The molecule has 0 aromatic heterocycles. The van der Waals surface area contributed by atoms with E-state index in [4.69, 9.17) is 25.8 Å². The van der Waals surface area contributed by atoms with E-state index in [0.29, 0.717) is 0 Å². The summed E-state index contributed by atoms with van der Waals surface area (Å²) in [6.45, 7) is 6.59. The van der Waals surface area contributed by atoms with Gasteiger partial charge in [-0.2, -0.15) is 0 Å². The number of rotatable bonds is 7. The first-order chi connectivity index (χ1) is 11.0. The molecule has 5 heteroatoms. The minimum Gasteiger partial charge on any atom is -0.496 e. The Balaban J connectivity index is 2.27. The monoisotopic (exact) mass is 341 g/mol. The normalized spacial score (nSPS) is 20.0. The average Bonchev–Trinajstić information content (AvgIpc) is 2.59. The Morgan fingerprint density at radius 2 is 1.96 bits per heavy atom. The van der Waals surface area contributed by atoms with E-state index < -0.39 is 0 Å². The van der Waals surface area contributed by atoms with Gasteiger partial charge in [0.15, 0.2) is 0 Å². The van der Waals surface area contributed by atoms with Gasteiger partial charge in [0.1, 0.15) is 5.75 Å². The molecule has 1 N–H and O–H groups in total. The number of methoxy groups -OCH3 is 2. The summed E-state index contributed by atoms with van der Waals surface area (Å²) in [5, 5.41) is 4.37. The fraction of sp³-hybridized carbons (Fsp3) is 0.667. The molecule has 0 amide bonds. The minimum atomic E-state index is -0.0315. The Bertz CT molecular complexity index is 503. The number of benzene rings is 1. The summed E-state index contributed by atoms with van der Waals surface area (Å²) < 4.78 is 16.6. The number of hydrogen-bond acceptors (Lipinski definition) is 4. The van der Waals surface area contributed by atoms with Crippen molar-refractivity contribution in [3.8, 4) is 5.75 Å². The molecule has 23 heavy (non-hydrogen) atoms. The van der Waals surface area contributed by atoms with E-state index in [1.807, 2.05) is 18.2 Å². The van der Waals surface area contributed by atoms with E-state index in [0.717, 1.165) is 43.4 Å². The van der Waals surface area contributed by atoms with Gasteiger partial charge in [-0.15, -0.1) is 0 Å². The number of halogens is 1. The van der Waals surface area contributed by atoms with Gasteiger partial charge in [-0.25, -0.2) is 0 Å². The SMILES string of the molecule is COc1ccc(Cl)cc1C1(CN[C@@H](C)[C@H](C)OC)CCOCC1. The first kappa shape index (κ1) is 18.5. The highest BCUT2D eigenvalue weighted by molar-refractivity contribution is 6.30. The quantitative estimate of drug-likeness (QED) is 0.825. The average molecular weight is 342 g/mol. The van der Waals surface area contributed by atoms with Crippen molar-refractivity contribution in [2.45, 2.75) is 44.2 Å². The van der Waals surface area contributed by atoms with E-state index >= 15 is 0 Å². The van der Waals surface area contributed by atoms with Crippen molar-refractivity contribution in [2.75, 3.05) is 34.0 Å². The summed E-state index contributed by atoms with van der Waals surface area (Å²) in [6, 6.07) is 6.14. The van der Waals surface area contributed by atoms with Gasteiger partial charge in [-0.05, 0) is 44.9 Å². The van der Waals surface area contributed by atoms with Crippen LogP contribution in [-0.2, 0) is 14.9 Å². The maximum Gasteiger partial charge on any atom is 0.122 e. The first-order valence-corrected chi connectivity index (χ1v) is 8.58. The molecule has 1 saturated heterocycles. The highest BCUT2D eigenvalue weighted by atomic mass is 35.5. The van der Waals surface area contributed by atoms with Gasteiger partial charge in [0.2, 0.25) is 0 Å². The van der Waals surface area contributed by atoms with Crippen molar-refractivity contribution < 1.29 is 14.2 Å². The molecule has 0 radical (unpaired) electrons. The van der Waals surface area contributed by atoms with Gasteiger partial charge in [-0.1, -0.05) is 11.6 Å². The predicted octanol–water partition coefficient (Wildman–Crippen LogP) is 3.41. The van der Waals surface area contributed by atoms with E-state index in [9.17, 15) is 0 Å². The van der Waals surface area contributed by atoms with Crippen molar-refractivity contribution in [2.24, 2.45) is 0 Å². The van der Waals surface area contributed by atoms with Crippen LogP contribution in [0.2, 0.25) is 5.02 Å². The number of ether oxygens (including phenoxy) is 3. The zero-order valence-electron chi connectivity index (χ0n) is 14.5. The predicted molar refractivity (Wildman–Crippen MR) is 93.7 cm³/mol. The molecule has 0 spiro atoms. The van der Waals surface area contributed by atoms with Crippen LogP contribution in [0.15, 0.2) is 18.2 Å². The molecule has 0 aliphatic carbocycles. The van der Waals surface area contributed by atoms with Gasteiger partial charge in [0.25, 0.3) is 0 Å². The van der Waals surface area contributed by atoms with Crippen LogP contribution in [0.4, 0.5) is 0 Å². The van der Waals surface area contributed by atoms with E-state index in [-0.39, 0.29) is 17.6 Å². The molecule has 1 heterocycles. The lowest BCUT2D eigenvalue weighted by Crippen LogP contribution is -2.48. The van der Waals surface area contributed by atoms with Crippen molar-refractivity contribution >= 4 is 11.6 Å². The Morgan fingerprint density at radius 1 is 1.26 bits per heavy atom. The van der Waals surface area contributed by atoms with E-state index in [1.54, 1.807) is 14.2 Å². The summed E-state index contributed by atoms with van der Waals surface area (Å²) in [4.78, 5) is 0. The van der Waals surface area contributed by atoms with Crippen LogP contribution in [0.25, 0.3) is 0 Å². The van der Waals surface area contributed by atoms with Crippen LogP contribution in [-0.4, -0.2) is 46.1 Å². The largest absolute Gasteiger partial charge is 0.496 e. The topological polar surface area (TPSA) is 39.7 Å². The molecular formula is C18H28ClNO3. The van der Waals surface area contributed by atoms with Crippen LogP contribution in [0.1, 0.15) is 32.3 Å². The van der Waals surface area contributed by atoms with Crippen LogP contribution >= 0.6 is 11.6 Å². The molecule has 1 aromatic carbocycles.